The highest BCUT2D eigenvalue weighted by Gasteiger charge is 2.28. The zero-order valence-corrected chi connectivity index (χ0v) is 23.9. The Balaban J connectivity index is 1.58. The van der Waals surface area contributed by atoms with E-state index in [1.807, 2.05) is 13.0 Å². The van der Waals surface area contributed by atoms with Gasteiger partial charge in [0.2, 0.25) is 11.8 Å². The van der Waals surface area contributed by atoms with Crippen molar-refractivity contribution in [3.63, 3.8) is 0 Å². The second kappa shape index (κ2) is 13.6. The number of methoxy groups -OCH3 is 2. The zero-order chi connectivity index (χ0) is 29.5. The molecule has 2 aromatic carbocycles. The number of hydrogen-bond acceptors (Lipinski definition) is 9. The molecule has 0 bridgehead atoms. The zero-order valence-electron chi connectivity index (χ0n) is 23.1. The average Bonchev–Trinajstić information content (AvgIpc) is 2.98. The third-order valence-corrected chi connectivity index (χ3v) is 6.95. The van der Waals surface area contributed by atoms with Crippen LogP contribution in [0.1, 0.15) is 39.6 Å². The van der Waals surface area contributed by atoms with Gasteiger partial charge < -0.3 is 35.5 Å². The molecule has 2 atom stereocenters. The topological polar surface area (TPSA) is 136 Å². The first kappa shape index (κ1) is 30.0. The van der Waals surface area contributed by atoms with Crippen LogP contribution in [0.2, 0.25) is 5.02 Å². The lowest BCUT2D eigenvalue weighted by Crippen LogP contribution is -2.53. The molecule has 4 N–H and O–H groups in total. The summed E-state index contributed by atoms with van der Waals surface area (Å²) in [4.78, 5) is 34.0. The number of amides is 2. The molecule has 218 valence electrons. The molecule has 4 rings (SSSR count). The lowest BCUT2D eigenvalue weighted by Gasteiger charge is -2.31. The second-order valence-corrected chi connectivity index (χ2v) is 9.58. The van der Waals surface area contributed by atoms with Gasteiger partial charge in [-0.25, -0.2) is 9.37 Å². The summed E-state index contributed by atoms with van der Waals surface area (Å²) in [5, 5.41) is 11.7. The van der Waals surface area contributed by atoms with Gasteiger partial charge >= 0.3 is 0 Å². The summed E-state index contributed by atoms with van der Waals surface area (Å²) < 4.78 is 32.0. The van der Waals surface area contributed by atoms with Crippen LogP contribution in [0.3, 0.4) is 0 Å². The minimum atomic E-state index is -0.772. The molecule has 13 heteroatoms. The summed E-state index contributed by atoms with van der Waals surface area (Å²) in [6, 6.07) is 7.39. The number of rotatable bonds is 10. The third kappa shape index (κ3) is 6.84. The Morgan fingerprint density at radius 3 is 2.71 bits per heavy atom. The molecular weight excluding hydrogens is 555 g/mol. The van der Waals surface area contributed by atoms with E-state index in [1.54, 1.807) is 19.2 Å². The summed E-state index contributed by atoms with van der Waals surface area (Å²) in [5.41, 5.74) is 1.14. The van der Waals surface area contributed by atoms with Crippen molar-refractivity contribution in [1.82, 2.24) is 25.9 Å². The molecule has 0 unspecified atom stereocenters. The Morgan fingerprint density at radius 1 is 1.20 bits per heavy atom. The van der Waals surface area contributed by atoms with Gasteiger partial charge in [-0.3, -0.25) is 9.59 Å². The molecule has 1 aliphatic rings. The Hall–Kier alpha value is -4.00. The van der Waals surface area contributed by atoms with Gasteiger partial charge in [0.15, 0.2) is 0 Å². The molecule has 0 aliphatic carbocycles. The largest absolute Gasteiger partial charge is 0.495 e. The van der Waals surface area contributed by atoms with Crippen molar-refractivity contribution in [3.05, 3.63) is 64.1 Å². The lowest BCUT2D eigenvalue weighted by molar-refractivity contribution is 0.0475. The first-order valence-electron chi connectivity index (χ1n) is 13.0. The second-order valence-electron chi connectivity index (χ2n) is 9.18. The fraction of sp³-hybridized carbons (Fsp3) is 0.357. The van der Waals surface area contributed by atoms with Gasteiger partial charge in [-0.15, -0.1) is 0 Å². The average molecular weight is 587 g/mol. The number of anilines is 2. The van der Waals surface area contributed by atoms with Crippen LogP contribution in [0.5, 0.6) is 17.4 Å². The van der Waals surface area contributed by atoms with Crippen LogP contribution in [-0.4, -0.2) is 68.3 Å². The fourth-order valence-electron chi connectivity index (χ4n) is 4.53. The summed E-state index contributed by atoms with van der Waals surface area (Å²) in [6.07, 6.45) is 2.34. The van der Waals surface area contributed by atoms with Gasteiger partial charge in [-0.1, -0.05) is 30.7 Å². The van der Waals surface area contributed by atoms with Crippen LogP contribution >= 0.6 is 11.6 Å². The predicted molar refractivity (Wildman–Crippen MR) is 152 cm³/mol. The quantitative estimate of drug-likeness (QED) is 0.279. The van der Waals surface area contributed by atoms with Crippen molar-refractivity contribution >= 4 is 35.1 Å². The fourth-order valence-corrected chi connectivity index (χ4v) is 4.66. The van der Waals surface area contributed by atoms with Gasteiger partial charge in [0.05, 0.1) is 42.3 Å². The van der Waals surface area contributed by atoms with Gasteiger partial charge in [-0.05, 0) is 37.1 Å². The van der Waals surface area contributed by atoms with Crippen LogP contribution in [-0.2, 0) is 11.2 Å². The molecule has 1 fully saturated rings. The maximum absolute atomic E-state index is 15.2. The number of hydrogen-bond donors (Lipinski definition) is 4. The molecule has 0 spiro atoms. The van der Waals surface area contributed by atoms with E-state index < -0.39 is 11.7 Å². The third-order valence-electron chi connectivity index (χ3n) is 6.69. The first-order chi connectivity index (χ1) is 19.8. The van der Waals surface area contributed by atoms with Gasteiger partial charge in [0.1, 0.15) is 22.3 Å². The number of nitrogens with zero attached hydrogens (tertiary/aromatic N) is 2. The number of aromatic nitrogens is 2. The van der Waals surface area contributed by atoms with E-state index in [0.29, 0.717) is 31.5 Å². The van der Waals surface area contributed by atoms with E-state index in [9.17, 15) is 9.59 Å². The number of carbonyl (C=O) groups excluding carboxylic acids is 2. The van der Waals surface area contributed by atoms with Gasteiger partial charge in [0.25, 0.3) is 11.8 Å². The SMILES string of the molecule is CCc1cccc(Oc2nc(Nc3cc(F)c(C(=O)N[C@@H]4CCNC[C@@H]4OC)cc3OC)ncc2Cl)c1C(=O)NC. The van der Waals surface area contributed by atoms with Gasteiger partial charge in [0, 0.05) is 26.8 Å². The Bertz CT molecular complexity index is 1420. The van der Waals surface area contributed by atoms with Crippen molar-refractivity contribution in [2.75, 3.05) is 39.7 Å². The minimum Gasteiger partial charge on any atom is -0.495 e. The Kier molecular flexibility index (Phi) is 9.92. The molecule has 1 saturated heterocycles. The normalized spacial score (nSPS) is 16.5. The first-order valence-corrected chi connectivity index (χ1v) is 13.4. The maximum atomic E-state index is 15.2. The Labute approximate surface area is 242 Å². The standard InChI is InChI=1S/C28H32ClFN6O5/c1-5-15-7-6-8-21(24(15)26(38)31-2)41-27-17(29)13-33-28(36-27)35-20-12-18(30)16(11-22(20)39-3)25(37)34-19-9-10-32-14-23(19)40-4/h6-8,11-13,19,23,32H,5,9-10,14H2,1-4H3,(H,31,38)(H,34,37)(H,33,35,36)/t19-,23+/m1/s1. The summed E-state index contributed by atoms with van der Waals surface area (Å²) in [5.74, 6) is -1.23. The summed E-state index contributed by atoms with van der Waals surface area (Å²) in [7, 11) is 4.49. The van der Waals surface area contributed by atoms with E-state index in [0.717, 1.165) is 11.6 Å². The van der Waals surface area contributed by atoms with Crippen LogP contribution in [0.4, 0.5) is 16.0 Å². The minimum absolute atomic E-state index is 0.0186. The van der Waals surface area contributed by atoms with Crippen molar-refractivity contribution in [3.8, 4) is 17.4 Å². The molecule has 2 heterocycles. The van der Waals surface area contributed by atoms with E-state index in [2.05, 4.69) is 31.2 Å². The number of piperidine rings is 1. The molecule has 3 aromatic rings. The number of benzene rings is 2. The number of ether oxygens (including phenoxy) is 3. The smallest absolute Gasteiger partial charge is 0.255 e. The number of nitrogens with one attached hydrogen (secondary N) is 4. The van der Waals surface area contributed by atoms with Crippen LogP contribution in [0.15, 0.2) is 36.5 Å². The monoisotopic (exact) mass is 586 g/mol. The molecular formula is C28H32ClFN6O5. The van der Waals surface area contributed by atoms with E-state index in [-0.39, 0.29) is 57.7 Å². The number of halogens is 2. The molecule has 41 heavy (non-hydrogen) atoms. The van der Waals surface area contributed by atoms with Crippen molar-refractivity contribution in [2.45, 2.75) is 31.9 Å². The molecule has 0 radical (unpaired) electrons. The Morgan fingerprint density at radius 2 is 2.00 bits per heavy atom. The predicted octanol–water partition coefficient (Wildman–Crippen LogP) is 3.84. The van der Waals surface area contributed by atoms with E-state index in [4.69, 9.17) is 25.8 Å². The maximum Gasteiger partial charge on any atom is 0.255 e. The molecule has 0 saturated carbocycles. The van der Waals surface area contributed by atoms with Gasteiger partial charge in [-0.2, -0.15) is 4.98 Å². The molecule has 1 aliphatic heterocycles. The van der Waals surface area contributed by atoms with Crippen LogP contribution in [0, 0.1) is 5.82 Å². The van der Waals surface area contributed by atoms with Crippen molar-refractivity contribution < 1.29 is 28.2 Å². The highest BCUT2D eigenvalue weighted by molar-refractivity contribution is 6.31. The number of carbonyl (C=O) groups is 2. The lowest BCUT2D eigenvalue weighted by atomic mass is 10.0. The van der Waals surface area contributed by atoms with Crippen molar-refractivity contribution in [1.29, 1.82) is 0 Å². The molecule has 11 nitrogen and oxygen atoms in total. The van der Waals surface area contributed by atoms with Crippen LogP contribution < -0.4 is 30.7 Å². The van der Waals surface area contributed by atoms with E-state index >= 15 is 4.39 Å². The molecule has 1 aromatic heterocycles. The molecule has 2 amide bonds. The number of aryl methyl sites for hydroxylation is 1. The van der Waals surface area contributed by atoms with Crippen molar-refractivity contribution in [2.24, 2.45) is 0 Å². The highest BCUT2D eigenvalue weighted by Crippen LogP contribution is 2.34. The summed E-state index contributed by atoms with van der Waals surface area (Å²) >= 11 is 6.31. The highest BCUT2D eigenvalue weighted by atomic mass is 35.5. The van der Waals surface area contributed by atoms with Crippen LogP contribution in [0.25, 0.3) is 0 Å². The summed E-state index contributed by atoms with van der Waals surface area (Å²) in [6.45, 7) is 3.22. The van der Waals surface area contributed by atoms with E-state index in [1.165, 1.54) is 26.4 Å².